The van der Waals surface area contributed by atoms with E-state index < -0.39 is 36.3 Å². The molecule has 0 aliphatic carbocycles. The van der Waals surface area contributed by atoms with Gasteiger partial charge in [-0.1, -0.05) is 29.8 Å². The van der Waals surface area contributed by atoms with Gasteiger partial charge in [-0.25, -0.2) is 14.4 Å². The Hall–Kier alpha value is -3.20. The Morgan fingerprint density at radius 3 is 2.50 bits per heavy atom. The average molecular weight is 404 g/mol. The van der Waals surface area contributed by atoms with Crippen LogP contribution >= 0.6 is 11.6 Å². The van der Waals surface area contributed by atoms with Crippen molar-refractivity contribution in [1.29, 1.82) is 0 Å². The first kappa shape index (κ1) is 19.6. The molecule has 1 aliphatic rings. The monoisotopic (exact) mass is 403 g/mol. The van der Waals surface area contributed by atoms with E-state index in [1.807, 2.05) is 18.2 Å². The molecular weight excluding hydrogens is 386 g/mol. The molecular formula is C18H18ClN5O4. The molecule has 0 radical (unpaired) electrons. The van der Waals surface area contributed by atoms with Crippen LogP contribution in [-0.4, -0.2) is 55.9 Å². The number of aromatic nitrogens is 2. The molecule has 2 heterocycles. The van der Waals surface area contributed by atoms with E-state index in [4.69, 9.17) is 11.6 Å². The highest BCUT2D eigenvalue weighted by Crippen LogP contribution is 2.19. The van der Waals surface area contributed by atoms with Crippen molar-refractivity contribution in [3.63, 3.8) is 0 Å². The number of urea groups is 1. The molecule has 0 spiro atoms. The van der Waals surface area contributed by atoms with Gasteiger partial charge in [0.15, 0.2) is 0 Å². The van der Waals surface area contributed by atoms with Gasteiger partial charge in [-0.15, -0.1) is 0 Å². The summed E-state index contributed by atoms with van der Waals surface area (Å²) in [7, 11) is 0. The highest BCUT2D eigenvalue weighted by Gasteiger charge is 2.46. The van der Waals surface area contributed by atoms with E-state index in [2.05, 4.69) is 10.4 Å². The van der Waals surface area contributed by atoms with Crippen molar-refractivity contribution >= 4 is 41.2 Å². The third-order valence-corrected chi connectivity index (χ3v) is 4.53. The van der Waals surface area contributed by atoms with E-state index in [0.717, 1.165) is 10.5 Å². The molecule has 1 N–H and O–H groups in total. The molecule has 5 amide bonds. The van der Waals surface area contributed by atoms with Gasteiger partial charge >= 0.3 is 17.8 Å². The number of benzene rings is 1. The van der Waals surface area contributed by atoms with E-state index >= 15 is 0 Å². The Morgan fingerprint density at radius 1 is 1.14 bits per heavy atom. The number of rotatable bonds is 6. The van der Waals surface area contributed by atoms with Crippen molar-refractivity contribution in [2.75, 3.05) is 11.9 Å². The van der Waals surface area contributed by atoms with Gasteiger partial charge in [0.1, 0.15) is 12.4 Å². The SMILES string of the molecule is CC(C)N1C(=O)C(=O)N(CC(=O)Nc2ccnn2Cc2ccccc2Cl)C1=O. The van der Waals surface area contributed by atoms with Gasteiger partial charge in [0.2, 0.25) is 5.91 Å². The molecule has 0 atom stereocenters. The fourth-order valence-electron chi connectivity index (χ4n) is 2.80. The first-order valence-corrected chi connectivity index (χ1v) is 8.91. The standard InChI is InChI=1S/C18H18ClN5O4/c1-11(2)24-17(27)16(26)22(18(24)28)10-15(25)21-14-7-8-20-23(14)9-12-5-3-4-6-13(12)19/h3-8,11H,9-10H2,1-2H3,(H,21,25). The molecule has 1 aromatic heterocycles. The van der Waals surface area contributed by atoms with Crippen LogP contribution in [0.5, 0.6) is 0 Å². The van der Waals surface area contributed by atoms with Crippen LogP contribution in [-0.2, 0) is 20.9 Å². The summed E-state index contributed by atoms with van der Waals surface area (Å²) in [6, 6.07) is 7.53. The second-order valence-corrected chi connectivity index (χ2v) is 6.86. The zero-order valence-corrected chi connectivity index (χ0v) is 16.0. The Morgan fingerprint density at radius 2 is 1.86 bits per heavy atom. The van der Waals surface area contributed by atoms with Crippen molar-refractivity contribution in [3.8, 4) is 0 Å². The molecule has 3 rings (SSSR count). The third kappa shape index (κ3) is 3.74. The summed E-state index contributed by atoms with van der Waals surface area (Å²) in [4.78, 5) is 50.0. The minimum absolute atomic E-state index is 0.323. The summed E-state index contributed by atoms with van der Waals surface area (Å²) in [6.45, 7) is 2.98. The van der Waals surface area contributed by atoms with Crippen LogP contribution in [0.2, 0.25) is 5.02 Å². The van der Waals surface area contributed by atoms with E-state index in [9.17, 15) is 19.2 Å². The minimum atomic E-state index is -1.02. The van der Waals surface area contributed by atoms with Crippen molar-refractivity contribution < 1.29 is 19.2 Å². The summed E-state index contributed by atoms with van der Waals surface area (Å²) in [5.74, 6) is -2.20. The van der Waals surface area contributed by atoms with Gasteiger partial charge in [0.05, 0.1) is 12.7 Å². The maximum atomic E-state index is 12.4. The van der Waals surface area contributed by atoms with Crippen molar-refractivity contribution in [2.45, 2.75) is 26.4 Å². The number of hydrogen-bond donors (Lipinski definition) is 1. The Labute approximate surface area is 165 Å². The zero-order chi connectivity index (χ0) is 20.4. The van der Waals surface area contributed by atoms with Gasteiger partial charge in [-0.2, -0.15) is 5.10 Å². The van der Waals surface area contributed by atoms with E-state index in [-0.39, 0.29) is 0 Å². The number of nitrogens with one attached hydrogen (secondary N) is 1. The third-order valence-electron chi connectivity index (χ3n) is 4.16. The summed E-state index contributed by atoms with van der Waals surface area (Å²) in [5.41, 5.74) is 0.812. The molecule has 28 heavy (non-hydrogen) atoms. The Kier molecular flexibility index (Phi) is 5.46. The molecule has 146 valence electrons. The molecule has 1 aliphatic heterocycles. The number of nitrogens with zero attached hydrogens (tertiary/aromatic N) is 4. The Balaban J connectivity index is 1.69. The second-order valence-electron chi connectivity index (χ2n) is 6.46. The lowest BCUT2D eigenvalue weighted by atomic mass is 10.2. The lowest BCUT2D eigenvalue weighted by Gasteiger charge is -2.18. The number of amides is 5. The van der Waals surface area contributed by atoms with Crippen LogP contribution in [0.4, 0.5) is 10.6 Å². The number of imide groups is 2. The molecule has 9 nitrogen and oxygen atoms in total. The quantitative estimate of drug-likeness (QED) is 0.584. The smallest absolute Gasteiger partial charge is 0.309 e. The summed E-state index contributed by atoms with van der Waals surface area (Å²) in [5, 5.41) is 7.31. The number of anilines is 1. The van der Waals surface area contributed by atoms with E-state index in [0.29, 0.717) is 22.3 Å². The van der Waals surface area contributed by atoms with Gasteiger partial charge in [0.25, 0.3) is 0 Å². The second kappa shape index (κ2) is 7.81. The molecule has 1 aromatic carbocycles. The highest BCUT2D eigenvalue weighted by molar-refractivity contribution is 6.45. The predicted molar refractivity (Wildman–Crippen MR) is 101 cm³/mol. The molecule has 10 heteroatoms. The predicted octanol–water partition coefficient (Wildman–Crippen LogP) is 1.72. The maximum absolute atomic E-state index is 12.4. The lowest BCUT2D eigenvalue weighted by Crippen LogP contribution is -2.40. The van der Waals surface area contributed by atoms with Crippen LogP contribution in [0.15, 0.2) is 36.5 Å². The maximum Gasteiger partial charge on any atom is 0.334 e. The van der Waals surface area contributed by atoms with Crippen molar-refractivity contribution in [3.05, 3.63) is 47.1 Å². The van der Waals surface area contributed by atoms with Crippen molar-refractivity contribution in [1.82, 2.24) is 19.6 Å². The van der Waals surface area contributed by atoms with Gasteiger partial charge < -0.3 is 5.32 Å². The molecule has 1 fully saturated rings. The van der Waals surface area contributed by atoms with Gasteiger partial charge in [0, 0.05) is 17.1 Å². The normalized spacial score (nSPS) is 14.4. The van der Waals surface area contributed by atoms with Crippen LogP contribution in [0, 0.1) is 0 Å². The average Bonchev–Trinajstić information content (AvgIpc) is 3.15. The van der Waals surface area contributed by atoms with Crippen molar-refractivity contribution in [2.24, 2.45) is 0 Å². The molecule has 0 unspecified atom stereocenters. The molecule has 0 bridgehead atoms. The number of carbonyl (C=O) groups excluding carboxylic acids is 4. The largest absolute Gasteiger partial charge is 0.334 e. The number of halogens is 1. The summed E-state index contributed by atoms with van der Waals surface area (Å²) >= 11 is 6.15. The van der Waals surface area contributed by atoms with Crippen LogP contribution in [0.3, 0.4) is 0 Å². The van der Waals surface area contributed by atoms with Crippen LogP contribution < -0.4 is 5.32 Å². The van der Waals surface area contributed by atoms with Gasteiger partial charge in [-0.3, -0.25) is 19.3 Å². The zero-order valence-electron chi connectivity index (χ0n) is 15.3. The topological polar surface area (TPSA) is 105 Å². The summed E-state index contributed by atoms with van der Waals surface area (Å²) < 4.78 is 1.53. The Bertz CT molecular complexity index is 955. The lowest BCUT2D eigenvalue weighted by molar-refractivity contribution is -0.144. The molecule has 0 saturated carbocycles. The molecule has 2 aromatic rings. The van der Waals surface area contributed by atoms with Crippen LogP contribution in [0.1, 0.15) is 19.4 Å². The summed E-state index contributed by atoms with van der Waals surface area (Å²) in [6.07, 6.45) is 1.50. The van der Waals surface area contributed by atoms with Gasteiger partial charge in [-0.05, 0) is 25.5 Å². The number of carbonyl (C=O) groups is 4. The minimum Gasteiger partial charge on any atom is -0.309 e. The first-order chi connectivity index (χ1) is 13.3. The molecule has 1 saturated heterocycles. The van der Waals surface area contributed by atoms with Crippen LogP contribution in [0.25, 0.3) is 0 Å². The van der Waals surface area contributed by atoms with E-state index in [1.54, 1.807) is 26.0 Å². The number of hydrogen-bond acceptors (Lipinski definition) is 5. The fraction of sp³-hybridized carbons (Fsp3) is 0.278. The van der Waals surface area contributed by atoms with E-state index in [1.165, 1.54) is 10.9 Å². The first-order valence-electron chi connectivity index (χ1n) is 8.53. The highest BCUT2D eigenvalue weighted by atomic mass is 35.5. The fourth-order valence-corrected chi connectivity index (χ4v) is 2.99.